The molecule has 1 unspecified atom stereocenters. The lowest BCUT2D eigenvalue weighted by Crippen LogP contribution is -2.39. The second-order valence-corrected chi connectivity index (χ2v) is 9.51. The molecule has 0 amide bonds. The number of nitrogens with zero attached hydrogens (tertiary/aromatic N) is 4. The summed E-state index contributed by atoms with van der Waals surface area (Å²) in [5.41, 5.74) is 1.56. The second kappa shape index (κ2) is 14.5. The minimum atomic E-state index is -5.08. The molecule has 3 aromatic heterocycles. The zero-order chi connectivity index (χ0) is 33.4. The predicted octanol–water partition coefficient (Wildman–Crippen LogP) is 4.89. The molecule has 1 aliphatic heterocycles. The van der Waals surface area contributed by atoms with Gasteiger partial charge in [0.05, 0.1) is 0 Å². The number of fused-ring (bicyclic) bond motifs is 2. The summed E-state index contributed by atoms with van der Waals surface area (Å²) < 4.78 is 91.7. The van der Waals surface area contributed by atoms with Gasteiger partial charge in [-0.2, -0.15) is 26.3 Å². The van der Waals surface area contributed by atoms with Crippen LogP contribution < -0.4 is 10.1 Å². The number of hydrogen-bond donors (Lipinski definition) is 3. The Morgan fingerprint density at radius 2 is 1.64 bits per heavy atom. The van der Waals surface area contributed by atoms with Crippen molar-refractivity contribution in [3.05, 3.63) is 54.5 Å². The number of alkyl halides is 6. The first-order chi connectivity index (χ1) is 21.1. The standard InChI is InChI=1S/C23H24FN5O2.2C2HF3O2/c1-30-23(8-4-10-25-11-9-23)15-31-19-14-17(24)13-16-6-7-18(26-21(16)19)22-28-27-20-5-2-3-12-29(20)22;2*3-2(4,5)1(6)7/h2-3,5-7,12-14,25H,4,8-11,15H2,1H3;2*(H,6,7). The molecule has 11 nitrogen and oxygen atoms in total. The number of pyridine rings is 2. The average molecular weight is 650 g/mol. The van der Waals surface area contributed by atoms with Crippen LogP contribution in [-0.4, -0.2) is 86.5 Å². The summed E-state index contributed by atoms with van der Waals surface area (Å²) in [4.78, 5) is 22.6. The largest absolute Gasteiger partial charge is 0.490 e. The van der Waals surface area contributed by atoms with Crippen molar-refractivity contribution in [2.75, 3.05) is 26.8 Å². The van der Waals surface area contributed by atoms with Crippen molar-refractivity contribution in [3.63, 3.8) is 0 Å². The zero-order valence-electron chi connectivity index (χ0n) is 23.3. The third-order valence-electron chi connectivity index (χ3n) is 6.42. The van der Waals surface area contributed by atoms with E-state index in [-0.39, 0.29) is 5.82 Å². The number of rotatable bonds is 5. The van der Waals surface area contributed by atoms with E-state index in [2.05, 4.69) is 15.5 Å². The molecular formula is C27H26F7N5O6. The Bertz CT molecular complexity index is 1600. The van der Waals surface area contributed by atoms with Gasteiger partial charge in [-0.3, -0.25) is 4.40 Å². The fourth-order valence-electron chi connectivity index (χ4n) is 4.14. The van der Waals surface area contributed by atoms with E-state index in [4.69, 9.17) is 34.3 Å². The number of nitrogens with one attached hydrogen (secondary N) is 1. The molecule has 45 heavy (non-hydrogen) atoms. The van der Waals surface area contributed by atoms with Gasteiger partial charge in [0.2, 0.25) is 0 Å². The van der Waals surface area contributed by atoms with Gasteiger partial charge in [0.25, 0.3) is 0 Å². The van der Waals surface area contributed by atoms with Crippen LogP contribution in [-0.2, 0) is 14.3 Å². The Kier molecular flexibility index (Phi) is 11.2. The molecule has 4 aromatic rings. The van der Waals surface area contributed by atoms with Gasteiger partial charge >= 0.3 is 24.3 Å². The molecule has 0 radical (unpaired) electrons. The van der Waals surface area contributed by atoms with Crippen LogP contribution in [0.1, 0.15) is 19.3 Å². The van der Waals surface area contributed by atoms with Crippen molar-refractivity contribution >= 4 is 28.5 Å². The molecule has 244 valence electrons. The summed E-state index contributed by atoms with van der Waals surface area (Å²) >= 11 is 0. The van der Waals surface area contributed by atoms with Crippen molar-refractivity contribution in [1.82, 2.24) is 24.9 Å². The highest BCUT2D eigenvalue weighted by Gasteiger charge is 2.39. The summed E-state index contributed by atoms with van der Waals surface area (Å²) in [6, 6.07) is 12.2. The summed E-state index contributed by atoms with van der Waals surface area (Å²) in [5, 5.41) is 26.8. The monoisotopic (exact) mass is 649 g/mol. The molecule has 3 N–H and O–H groups in total. The van der Waals surface area contributed by atoms with E-state index in [0.29, 0.717) is 34.8 Å². The van der Waals surface area contributed by atoms with E-state index in [1.807, 2.05) is 40.9 Å². The molecule has 5 rings (SSSR count). The van der Waals surface area contributed by atoms with Crippen LogP contribution in [0.4, 0.5) is 30.7 Å². The number of halogens is 7. The van der Waals surface area contributed by atoms with Crippen molar-refractivity contribution in [2.45, 2.75) is 37.2 Å². The highest BCUT2D eigenvalue weighted by Crippen LogP contribution is 2.31. The van der Waals surface area contributed by atoms with Gasteiger partial charge in [-0.25, -0.2) is 19.0 Å². The number of benzene rings is 1. The highest BCUT2D eigenvalue weighted by atomic mass is 19.4. The lowest BCUT2D eigenvalue weighted by molar-refractivity contribution is -0.193. The number of carboxylic acids is 2. The fourth-order valence-corrected chi connectivity index (χ4v) is 4.14. The van der Waals surface area contributed by atoms with E-state index in [9.17, 15) is 30.7 Å². The highest BCUT2D eigenvalue weighted by molar-refractivity contribution is 5.86. The van der Waals surface area contributed by atoms with Crippen LogP contribution in [0.2, 0.25) is 0 Å². The molecule has 0 aliphatic carbocycles. The molecule has 4 heterocycles. The maximum absolute atomic E-state index is 14.3. The SMILES string of the molecule is COC1(COc2cc(F)cc3ccc(-c4nnc5ccccn45)nc23)CCCNCC1.O=C(O)C(F)(F)F.O=C(O)C(F)(F)F. The lowest BCUT2D eigenvalue weighted by atomic mass is 9.95. The quantitative estimate of drug-likeness (QED) is 0.255. The molecular weight excluding hydrogens is 623 g/mol. The van der Waals surface area contributed by atoms with E-state index in [1.165, 1.54) is 12.1 Å². The van der Waals surface area contributed by atoms with Gasteiger partial charge in [0, 0.05) is 24.8 Å². The molecule has 0 saturated carbocycles. The van der Waals surface area contributed by atoms with Gasteiger partial charge in [-0.15, -0.1) is 10.2 Å². The summed E-state index contributed by atoms with van der Waals surface area (Å²) in [7, 11) is 1.71. The van der Waals surface area contributed by atoms with Gasteiger partial charge in [0.15, 0.2) is 11.5 Å². The van der Waals surface area contributed by atoms with Gasteiger partial charge < -0.3 is 25.0 Å². The lowest BCUT2D eigenvalue weighted by Gasteiger charge is -2.31. The molecule has 1 saturated heterocycles. The maximum atomic E-state index is 14.3. The van der Waals surface area contributed by atoms with Crippen molar-refractivity contribution in [2.24, 2.45) is 0 Å². The Balaban J connectivity index is 0.000000331. The van der Waals surface area contributed by atoms with Crippen molar-refractivity contribution in [3.8, 4) is 17.3 Å². The molecule has 1 fully saturated rings. The summed E-state index contributed by atoms with van der Waals surface area (Å²) in [5.74, 6) is -4.85. The smallest absolute Gasteiger partial charge is 0.488 e. The normalized spacial score (nSPS) is 17.0. The molecule has 1 aliphatic rings. The molecule has 1 atom stereocenters. The predicted molar refractivity (Wildman–Crippen MR) is 143 cm³/mol. The minimum Gasteiger partial charge on any atom is -0.488 e. The molecule has 0 spiro atoms. The molecule has 1 aromatic carbocycles. The van der Waals surface area contributed by atoms with Gasteiger partial charge in [-0.1, -0.05) is 12.1 Å². The average Bonchev–Trinajstić information content (AvgIpc) is 3.26. The van der Waals surface area contributed by atoms with E-state index >= 15 is 0 Å². The number of aromatic nitrogens is 4. The second-order valence-electron chi connectivity index (χ2n) is 9.51. The third kappa shape index (κ3) is 9.45. The summed E-state index contributed by atoms with van der Waals surface area (Å²) in [6.07, 6.45) is -5.56. The zero-order valence-corrected chi connectivity index (χ0v) is 23.3. The Hall–Kier alpha value is -4.58. The Morgan fingerprint density at radius 1 is 0.978 bits per heavy atom. The number of aliphatic carboxylic acids is 2. The van der Waals surface area contributed by atoms with Crippen LogP contribution in [0.3, 0.4) is 0 Å². The van der Waals surface area contributed by atoms with E-state index < -0.39 is 29.9 Å². The number of carbonyl (C=O) groups is 2. The van der Waals surface area contributed by atoms with Crippen LogP contribution in [0.15, 0.2) is 48.7 Å². The third-order valence-corrected chi connectivity index (χ3v) is 6.42. The topological polar surface area (TPSA) is 148 Å². The van der Waals surface area contributed by atoms with Crippen molar-refractivity contribution in [1.29, 1.82) is 0 Å². The van der Waals surface area contributed by atoms with Crippen LogP contribution in [0.5, 0.6) is 5.75 Å². The van der Waals surface area contributed by atoms with E-state index in [1.54, 1.807) is 7.11 Å². The first-order valence-electron chi connectivity index (χ1n) is 13.0. The van der Waals surface area contributed by atoms with Crippen LogP contribution in [0.25, 0.3) is 28.1 Å². The number of hydrogen-bond acceptors (Lipinski definition) is 8. The first-order valence-corrected chi connectivity index (χ1v) is 13.0. The first kappa shape index (κ1) is 34.9. The Morgan fingerprint density at radius 3 is 2.27 bits per heavy atom. The summed E-state index contributed by atoms with van der Waals surface area (Å²) in [6.45, 7) is 2.16. The molecule has 0 bridgehead atoms. The minimum absolute atomic E-state index is 0.337. The maximum Gasteiger partial charge on any atom is 0.490 e. The fraction of sp³-hybridized carbons (Fsp3) is 0.370. The van der Waals surface area contributed by atoms with Crippen LogP contribution in [0, 0.1) is 5.82 Å². The number of methoxy groups -OCH3 is 1. The van der Waals surface area contributed by atoms with Gasteiger partial charge in [0.1, 0.15) is 35.0 Å². The van der Waals surface area contributed by atoms with Crippen LogP contribution >= 0.6 is 0 Å². The number of carboxylic acid groups (broad SMARTS) is 2. The number of ether oxygens (including phenoxy) is 2. The molecule has 18 heteroatoms. The van der Waals surface area contributed by atoms with Crippen molar-refractivity contribution < 1.29 is 60.0 Å². The van der Waals surface area contributed by atoms with Gasteiger partial charge in [-0.05, 0) is 56.6 Å². The Labute approximate surface area is 249 Å². The van der Waals surface area contributed by atoms with E-state index in [0.717, 1.165) is 38.0 Å².